The molecule has 1 aromatic carbocycles. The van der Waals surface area contributed by atoms with Gasteiger partial charge in [-0.15, -0.1) is 0 Å². The second-order valence-corrected chi connectivity index (χ2v) is 5.89. The Kier molecular flexibility index (Phi) is 5.25. The molecule has 1 aromatic rings. The summed E-state index contributed by atoms with van der Waals surface area (Å²) in [4.78, 5) is 13.1. The van der Waals surface area contributed by atoms with Gasteiger partial charge < -0.3 is 5.32 Å². The first-order chi connectivity index (χ1) is 9.99. The van der Waals surface area contributed by atoms with Crippen LogP contribution in [0.25, 0.3) is 0 Å². The Morgan fingerprint density at radius 2 is 2.05 bits per heavy atom. The Labute approximate surface area is 124 Å². The smallest absolute Gasteiger partial charge is 0.274 e. The van der Waals surface area contributed by atoms with Crippen molar-refractivity contribution < 1.29 is 9.31 Å². The third-order valence-corrected chi connectivity index (χ3v) is 3.83. The molecule has 0 aromatic heterocycles. The Balaban J connectivity index is 2.39. The maximum Gasteiger partial charge on any atom is 0.274 e. The number of hydrogen-bond acceptors (Lipinski definition) is 4. The van der Waals surface area contributed by atoms with E-state index < -0.39 is 10.7 Å². The van der Waals surface area contributed by atoms with Crippen molar-refractivity contribution in [1.82, 2.24) is 10.2 Å². The molecule has 1 fully saturated rings. The van der Waals surface area contributed by atoms with Crippen LogP contribution in [-0.2, 0) is 0 Å². The second-order valence-electron chi connectivity index (χ2n) is 5.89. The van der Waals surface area contributed by atoms with Crippen LogP contribution in [0.15, 0.2) is 18.2 Å². The van der Waals surface area contributed by atoms with Gasteiger partial charge in [0.1, 0.15) is 5.82 Å². The first-order valence-electron chi connectivity index (χ1n) is 7.37. The number of nitro groups is 1. The van der Waals surface area contributed by atoms with E-state index in [-0.39, 0.29) is 11.7 Å². The normalized spacial score (nSPS) is 17.9. The summed E-state index contributed by atoms with van der Waals surface area (Å²) in [6.07, 6.45) is 0.782. The minimum atomic E-state index is -0.417. The van der Waals surface area contributed by atoms with Gasteiger partial charge in [-0.25, -0.2) is 4.39 Å². The Morgan fingerprint density at radius 3 is 2.62 bits per heavy atom. The molecule has 1 saturated heterocycles. The molecule has 1 N–H and O–H groups in total. The Hall–Kier alpha value is -1.53. The molecule has 0 amide bonds. The molecule has 1 aliphatic heterocycles. The molecule has 21 heavy (non-hydrogen) atoms. The van der Waals surface area contributed by atoms with Gasteiger partial charge in [-0.1, -0.05) is 13.8 Å². The topological polar surface area (TPSA) is 58.4 Å². The molecule has 0 bridgehead atoms. The molecule has 1 aliphatic rings. The SMILES string of the molecule is CC(C)C[C@H](c1cc(F)ccc1[N+](=O)[O-])N1CCNCC1. The lowest BCUT2D eigenvalue weighted by atomic mass is 9.93. The number of hydrogen-bond donors (Lipinski definition) is 1. The minimum absolute atomic E-state index is 0.0144. The van der Waals surface area contributed by atoms with Crippen molar-refractivity contribution in [2.24, 2.45) is 5.92 Å². The van der Waals surface area contributed by atoms with Crippen LogP contribution in [0.4, 0.5) is 10.1 Å². The molecule has 0 saturated carbocycles. The lowest BCUT2D eigenvalue weighted by Crippen LogP contribution is -2.45. The molecule has 1 heterocycles. The highest BCUT2D eigenvalue weighted by molar-refractivity contribution is 5.42. The third kappa shape index (κ3) is 3.98. The van der Waals surface area contributed by atoms with Crippen molar-refractivity contribution in [2.45, 2.75) is 26.3 Å². The number of nitrogens with zero attached hydrogens (tertiary/aromatic N) is 2. The molecule has 0 aliphatic carbocycles. The van der Waals surface area contributed by atoms with Crippen LogP contribution >= 0.6 is 0 Å². The van der Waals surface area contributed by atoms with Gasteiger partial charge in [-0.05, 0) is 24.5 Å². The van der Waals surface area contributed by atoms with Crippen LogP contribution in [-0.4, -0.2) is 36.0 Å². The van der Waals surface area contributed by atoms with E-state index >= 15 is 0 Å². The lowest BCUT2D eigenvalue weighted by molar-refractivity contribution is -0.386. The van der Waals surface area contributed by atoms with E-state index in [1.54, 1.807) is 0 Å². The number of halogens is 1. The number of nitro benzene ring substituents is 1. The largest absolute Gasteiger partial charge is 0.314 e. The van der Waals surface area contributed by atoms with E-state index in [0.717, 1.165) is 38.7 Å². The molecule has 0 radical (unpaired) electrons. The zero-order valence-corrected chi connectivity index (χ0v) is 12.5. The van der Waals surface area contributed by atoms with Gasteiger partial charge >= 0.3 is 0 Å². The fourth-order valence-corrected chi connectivity index (χ4v) is 2.87. The number of nitrogens with one attached hydrogen (secondary N) is 1. The van der Waals surface area contributed by atoms with Crippen molar-refractivity contribution in [3.8, 4) is 0 Å². The first kappa shape index (κ1) is 15.9. The average molecular weight is 295 g/mol. The first-order valence-corrected chi connectivity index (χ1v) is 7.37. The zero-order valence-electron chi connectivity index (χ0n) is 12.5. The van der Waals surface area contributed by atoms with Gasteiger partial charge in [-0.2, -0.15) is 0 Å². The molecular formula is C15H22FN3O2. The predicted octanol–water partition coefficient (Wildman–Crippen LogP) is 2.73. The average Bonchev–Trinajstić information content (AvgIpc) is 2.45. The van der Waals surface area contributed by atoms with Crippen molar-refractivity contribution in [1.29, 1.82) is 0 Å². The van der Waals surface area contributed by atoms with E-state index in [9.17, 15) is 14.5 Å². The second kappa shape index (κ2) is 6.95. The van der Waals surface area contributed by atoms with Crippen molar-refractivity contribution in [2.75, 3.05) is 26.2 Å². The van der Waals surface area contributed by atoms with E-state index in [0.29, 0.717) is 11.5 Å². The monoisotopic (exact) mass is 295 g/mol. The van der Waals surface area contributed by atoms with Gasteiger partial charge in [0.15, 0.2) is 0 Å². The zero-order chi connectivity index (χ0) is 15.4. The van der Waals surface area contributed by atoms with Crippen LogP contribution in [0.2, 0.25) is 0 Å². The van der Waals surface area contributed by atoms with Crippen molar-refractivity contribution in [3.63, 3.8) is 0 Å². The highest BCUT2D eigenvalue weighted by Gasteiger charge is 2.29. The Morgan fingerprint density at radius 1 is 1.38 bits per heavy atom. The van der Waals surface area contributed by atoms with E-state index in [4.69, 9.17) is 0 Å². The fraction of sp³-hybridized carbons (Fsp3) is 0.600. The number of benzene rings is 1. The summed E-state index contributed by atoms with van der Waals surface area (Å²) in [5, 5.41) is 14.5. The summed E-state index contributed by atoms with van der Waals surface area (Å²) in [6, 6.07) is 3.65. The summed E-state index contributed by atoms with van der Waals surface area (Å²) in [6.45, 7) is 7.53. The minimum Gasteiger partial charge on any atom is -0.314 e. The van der Waals surface area contributed by atoms with Gasteiger partial charge in [0.2, 0.25) is 0 Å². The Bertz CT molecular complexity index is 502. The molecule has 2 rings (SSSR count). The van der Waals surface area contributed by atoms with Gasteiger partial charge in [-0.3, -0.25) is 15.0 Å². The summed E-state index contributed by atoms with van der Waals surface area (Å²) in [7, 11) is 0. The van der Waals surface area contributed by atoms with Crippen molar-refractivity contribution >= 4 is 5.69 Å². The van der Waals surface area contributed by atoms with E-state index in [1.807, 2.05) is 0 Å². The molecule has 116 valence electrons. The highest BCUT2D eigenvalue weighted by atomic mass is 19.1. The van der Waals surface area contributed by atoms with E-state index in [1.165, 1.54) is 12.1 Å². The van der Waals surface area contributed by atoms with Crippen LogP contribution in [0.5, 0.6) is 0 Å². The van der Waals surface area contributed by atoms with E-state index in [2.05, 4.69) is 24.1 Å². The summed E-state index contributed by atoms with van der Waals surface area (Å²) < 4.78 is 13.6. The van der Waals surface area contributed by atoms with Gasteiger partial charge in [0, 0.05) is 43.9 Å². The maximum atomic E-state index is 13.6. The molecule has 5 nitrogen and oxygen atoms in total. The molecule has 6 heteroatoms. The standard InChI is InChI=1S/C15H22FN3O2/c1-11(2)9-15(18-7-5-17-6-8-18)13-10-12(16)3-4-14(13)19(20)21/h3-4,10-11,15,17H,5-9H2,1-2H3/t15-/m1/s1. The molecule has 1 atom stereocenters. The lowest BCUT2D eigenvalue weighted by Gasteiger charge is -2.35. The summed E-state index contributed by atoms with van der Waals surface area (Å²) >= 11 is 0. The summed E-state index contributed by atoms with van der Waals surface area (Å²) in [5.74, 6) is -0.0350. The van der Waals surface area contributed by atoms with Crippen LogP contribution in [0, 0.1) is 21.8 Å². The number of piperazine rings is 1. The summed E-state index contributed by atoms with van der Waals surface area (Å²) in [5.41, 5.74) is 0.510. The van der Waals surface area contributed by atoms with Gasteiger partial charge in [0.25, 0.3) is 5.69 Å². The highest BCUT2D eigenvalue weighted by Crippen LogP contribution is 2.34. The van der Waals surface area contributed by atoms with Crippen molar-refractivity contribution in [3.05, 3.63) is 39.7 Å². The third-order valence-electron chi connectivity index (χ3n) is 3.83. The fourth-order valence-electron chi connectivity index (χ4n) is 2.87. The molecule has 0 spiro atoms. The number of rotatable bonds is 5. The maximum absolute atomic E-state index is 13.6. The van der Waals surface area contributed by atoms with Gasteiger partial charge in [0.05, 0.1) is 4.92 Å². The molecular weight excluding hydrogens is 273 g/mol. The predicted molar refractivity (Wildman–Crippen MR) is 79.7 cm³/mol. The quantitative estimate of drug-likeness (QED) is 0.670. The van der Waals surface area contributed by atoms with Crippen LogP contribution < -0.4 is 5.32 Å². The van der Waals surface area contributed by atoms with Crippen LogP contribution in [0.3, 0.4) is 0 Å². The molecule has 0 unspecified atom stereocenters. The van der Waals surface area contributed by atoms with Crippen LogP contribution in [0.1, 0.15) is 31.9 Å².